The Balaban J connectivity index is 1.87. The summed E-state index contributed by atoms with van der Waals surface area (Å²) in [5.41, 5.74) is 1.01. The Hall–Kier alpha value is -2.34. The molecule has 1 unspecified atom stereocenters. The minimum absolute atomic E-state index is 0.111. The van der Waals surface area contributed by atoms with E-state index in [1.54, 1.807) is 0 Å². The number of hydrogen-bond donors (Lipinski definition) is 1. The molecule has 6 heteroatoms. The highest BCUT2D eigenvalue weighted by atomic mass is 32.2. The molecule has 0 radical (unpaired) electrons. The van der Waals surface area contributed by atoms with Crippen molar-refractivity contribution in [3.05, 3.63) is 60.2 Å². The van der Waals surface area contributed by atoms with Gasteiger partial charge in [0.2, 0.25) is 0 Å². The number of carbonyl (C=O) groups excluding carboxylic acids is 1. The summed E-state index contributed by atoms with van der Waals surface area (Å²) in [6, 6.07) is 15.5. The fourth-order valence-electron chi connectivity index (χ4n) is 2.04. The molecule has 0 saturated heterocycles. The van der Waals surface area contributed by atoms with Crippen LogP contribution in [-0.2, 0) is 14.6 Å². The molecule has 2 rings (SSSR count). The topological polar surface area (TPSA) is 72.5 Å². The first kappa shape index (κ1) is 17.0. The molecule has 0 aliphatic carbocycles. The second kappa shape index (κ2) is 7.28. The van der Waals surface area contributed by atoms with E-state index in [0.717, 1.165) is 11.8 Å². The minimum Gasteiger partial charge on any atom is -0.484 e. The summed E-state index contributed by atoms with van der Waals surface area (Å²) in [5, 5.41) is 2.84. The Bertz CT molecular complexity index is 755. The molecule has 0 aromatic heterocycles. The van der Waals surface area contributed by atoms with E-state index in [-0.39, 0.29) is 23.5 Å². The number of sulfone groups is 1. The molecule has 0 bridgehead atoms. The highest BCUT2D eigenvalue weighted by Crippen LogP contribution is 2.16. The van der Waals surface area contributed by atoms with E-state index in [1.807, 2.05) is 37.3 Å². The van der Waals surface area contributed by atoms with E-state index in [4.69, 9.17) is 4.74 Å². The van der Waals surface area contributed by atoms with Crippen molar-refractivity contribution < 1.29 is 17.9 Å². The van der Waals surface area contributed by atoms with Crippen LogP contribution in [-0.4, -0.2) is 27.2 Å². The third kappa shape index (κ3) is 5.10. The quantitative estimate of drug-likeness (QED) is 0.881. The van der Waals surface area contributed by atoms with Crippen molar-refractivity contribution in [2.45, 2.75) is 17.9 Å². The number of rotatable bonds is 6. The van der Waals surface area contributed by atoms with Gasteiger partial charge in [0.25, 0.3) is 5.91 Å². The Morgan fingerprint density at radius 2 is 1.70 bits per heavy atom. The van der Waals surface area contributed by atoms with Gasteiger partial charge in [-0.1, -0.05) is 30.3 Å². The third-order valence-electron chi connectivity index (χ3n) is 3.30. The first-order valence-corrected chi connectivity index (χ1v) is 9.02. The highest BCUT2D eigenvalue weighted by molar-refractivity contribution is 7.90. The molecule has 0 aliphatic rings. The number of nitrogens with one attached hydrogen (secondary N) is 1. The molecule has 0 spiro atoms. The van der Waals surface area contributed by atoms with Crippen molar-refractivity contribution in [3.63, 3.8) is 0 Å². The summed E-state index contributed by atoms with van der Waals surface area (Å²) in [7, 11) is -3.23. The van der Waals surface area contributed by atoms with Crippen LogP contribution in [0.3, 0.4) is 0 Å². The summed E-state index contributed by atoms with van der Waals surface area (Å²) >= 11 is 0. The molecule has 0 saturated carbocycles. The van der Waals surface area contributed by atoms with Gasteiger partial charge < -0.3 is 10.1 Å². The Morgan fingerprint density at radius 3 is 2.26 bits per heavy atom. The number of carbonyl (C=O) groups is 1. The Labute approximate surface area is 136 Å². The van der Waals surface area contributed by atoms with Gasteiger partial charge in [-0.3, -0.25) is 4.79 Å². The van der Waals surface area contributed by atoms with Gasteiger partial charge in [-0.25, -0.2) is 8.42 Å². The number of benzene rings is 2. The predicted octanol–water partition coefficient (Wildman–Crippen LogP) is 2.35. The normalized spacial score (nSPS) is 12.4. The van der Waals surface area contributed by atoms with E-state index in [2.05, 4.69) is 5.32 Å². The Morgan fingerprint density at radius 1 is 1.09 bits per heavy atom. The van der Waals surface area contributed by atoms with Crippen LogP contribution in [0.1, 0.15) is 18.5 Å². The van der Waals surface area contributed by atoms with Gasteiger partial charge in [0.1, 0.15) is 5.75 Å². The van der Waals surface area contributed by atoms with Crippen molar-refractivity contribution in [2.75, 3.05) is 12.9 Å². The zero-order valence-electron chi connectivity index (χ0n) is 13.0. The molecular weight excluding hydrogens is 314 g/mol. The summed E-state index contributed by atoms with van der Waals surface area (Å²) in [6.45, 7) is 1.77. The molecule has 23 heavy (non-hydrogen) atoms. The van der Waals surface area contributed by atoms with Crippen molar-refractivity contribution in [2.24, 2.45) is 0 Å². The molecule has 0 heterocycles. The van der Waals surface area contributed by atoms with E-state index in [9.17, 15) is 13.2 Å². The standard InChI is InChI=1S/C17H19NO4S/c1-13(14-6-4-3-5-7-14)18-17(19)12-22-15-8-10-16(11-9-15)23(2,20)21/h3-11,13H,12H2,1-2H3,(H,18,19). The van der Waals surface area contributed by atoms with Gasteiger partial charge in [0, 0.05) is 6.26 Å². The maximum absolute atomic E-state index is 11.9. The highest BCUT2D eigenvalue weighted by Gasteiger charge is 2.10. The van der Waals surface area contributed by atoms with E-state index in [1.165, 1.54) is 24.3 Å². The van der Waals surface area contributed by atoms with Crippen LogP contribution < -0.4 is 10.1 Å². The van der Waals surface area contributed by atoms with Crippen molar-refractivity contribution in [3.8, 4) is 5.75 Å². The van der Waals surface area contributed by atoms with Crippen molar-refractivity contribution in [1.29, 1.82) is 0 Å². The van der Waals surface area contributed by atoms with Crippen molar-refractivity contribution in [1.82, 2.24) is 5.32 Å². The first-order valence-electron chi connectivity index (χ1n) is 7.13. The monoisotopic (exact) mass is 333 g/mol. The average Bonchev–Trinajstić information content (AvgIpc) is 2.53. The fourth-order valence-corrected chi connectivity index (χ4v) is 2.67. The van der Waals surface area contributed by atoms with Crippen LogP contribution in [0.5, 0.6) is 5.75 Å². The molecule has 1 amide bonds. The van der Waals surface area contributed by atoms with Gasteiger partial charge in [-0.05, 0) is 36.8 Å². The van der Waals surface area contributed by atoms with Gasteiger partial charge in [0.05, 0.1) is 10.9 Å². The lowest BCUT2D eigenvalue weighted by molar-refractivity contribution is -0.123. The van der Waals surface area contributed by atoms with Crippen LogP contribution in [0.25, 0.3) is 0 Å². The van der Waals surface area contributed by atoms with E-state index >= 15 is 0 Å². The van der Waals surface area contributed by atoms with E-state index in [0.29, 0.717) is 5.75 Å². The minimum atomic E-state index is -3.23. The number of amides is 1. The first-order chi connectivity index (χ1) is 10.9. The number of ether oxygens (including phenoxy) is 1. The van der Waals surface area contributed by atoms with Crippen LogP contribution in [0, 0.1) is 0 Å². The lowest BCUT2D eigenvalue weighted by atomic mass is 10.1. The molecule has 122 valence electrons. The Kier molecular flexibility index (Phi) is 5.39. The fraction of sp³-hybridized carbons (Fsp3) is 0.235. The number of hydrogen-bond acceptors (Lipinski definition) is 4. The van der Waals surface area contributed by atoms with Gasteiger partial charge in [-0.2, -0.15) is 0 Å². The summed E-state index contributed by atoms with van der Waals surface area (Å²) in [6.07, 6.45) is 1.14. The summed E-state index contributed by atoms with van der Waals surface area (Å²) < 4.78 is 28.1. The van der Waals surface area contributed by atoms with Gasteiger partial charge in [0.15, 0.2) is 16.4 Å². The predicted molar refractivity (Wildman–Crippen MR) is 88.0 cm³/mol. The second-order valence-corrected chi connectivity index (χ2v) is 7.25. The average molecular weight is 333 g/mol. The lowest BCUT2D eigenvalue weighted by Crippen LogP contribution is -2.31. The second-order valence-electron chi connectivity index (χ2n) is 5.23. The SMILES string of the molecule is CC(NC(=O)COc1ccc(S(C)(=O)=O)cc1)c1ccccc1. The van der Waals surface area contributed by atoms with Crippen LogP contribution in [0.2, 0.25) is 0 Å². The van der Waals surface area contributed by atoms with Crippen LogP contribution in [0.4, 0.5) is 0 Å². The van der Waals surface area contributed by atoms with E-state index < -0.39 is 9.84 Å². The molecule has 0 fully saturated rings. The zero-order chi connectivity index (χ0) is 16.9. The van der Waals surface area contributed by atoms with Crippen LogP contribution >= 0.6 is 0 Å². The maximum atomic E-state index is 11.9. The lowest BCUT2D eigenvalue weighted by Gasteiger charge is -2.14. The summed E-state index contributed by atoms with van der Waals surface area (Å²) in [5.74, 6) is 0.202. The zero-order valence-corrected chi connectivity index (χ0v) is 13.8. The smallest absolute Gasteiger partial charge is 0.258 e. The van der Waals surface area contributed by atoms with Gasteiger partial charge >= 0.3 is 0 Å². The summed E-state index contributed by atoms with van der Waals surface area (Å²) in [4.78, 5) is 12.1. The molecule has 0 aliphatic heterocycles. The maximum Gasteiger partial charge on any atom is 0.258 e. The molecule has 1 N–H and O–H groups in total. The molecule has 2 aromatic rings. The van der Waals surface area contributed by atoms with Crippen molar-refractivity contribution >= 4 is 15.7 Å². The largest absolute Gasteiger partial charge is 0.484 e. The third-order valence-corrected chi connectivity index (χ3v) is 4.43. The molecule has 1 atom stereocenters. The van der Waals surface area contributed by atoms with Gasteiger partial charge in [-0.15, -0.1) is 0 Å². The molecular formula is C17H19NO4S. The van der Waals surface area contributed by atoms with Crippen LogP contribution in [0.15, 0.2) is 59.5 Å². The molecule has 2 aromatic carbocycles. The molecule has 5 nitrogen and oxygen atoms in total.